The van der Waals surface area contributed by atoms with Crippen molar-refractivity contribution in [2.75, 3.05) is 34.9 Å². The number of nitrogens with zero attached hydrogens (tertiary/aromatic N) is 1. The summed E-state index contributed by atoms with van der Waals surface area (Å²) in [6, 6.07) is 5.69. The van der Waals surface area contributed by atoms with Crippen molar-refractivity contribution in [3.63, 3.8) is 0 Å². The minimum absolute atomic E-state index is 0.0402. The van der Waals surface area contributed by atoms with Crippen LogP contribution < -0.4 is 9.47 Å². The molecule has 0 heterocycles. The van der Waals surface area contributed by atoms with E-state index in [-0.39, 0.29) is 33.8 Å². The van der Waals surface area contributed by atoms with Gasteiger partial charge in [-0.05, 0) is 29.7 Å². The van der Waals surface area contributed by atoms with Crippen molar-refractivity contribution in [1.29, 1.82) is 0 Å². The lowest BCUT2D eigenvalue weighted by Gasteiger charge is -2.22. The van der Waals surface area contributed by atoms with Gasteiger partial charge in [-0.2, -0.15) is 13.2 Å². The van der Waals surface area contributed by atoms with Crippen molar-refractivity contribution in [2.45, 2.75) is 6.18 Å². The minimum Gasteiger partial charge on any atom is -0.496 e. The molecule has 0 N–H and O–H groups in total. The zero-order valence-electron chi connectivity index (χ0n) is 15.1. The van der Waals surface area contributed by atoms with Crippen LogP contribution in [0.25, 0.3) is 10.8 Å². The smallest absolute Gasteiger partial charge is 0.420 e. The molecule has 0 fully saturated rings. The van der Waals surface area contributed by atoms with Crippen LogP contribution in [0, 0.1) is 0 Å². The number of halogens is 3. The standard InChI is InChI=1S/C18H18F3NO4S/c1-22(9-14(23)26-4)17(27)11-6-7-12(24-2)15-10(11)5-8-13(25-3)16(15)18(19,20)21/h5-8H,9H2,1-4H3. The first-order chi connectivity index (χ1) is 12.6. The third-order valence-corrected chi connectivity index (χ3v) is 4.53. The Labute approximate surface area is 159 Å². The van der Waals surface area contributed by atoms with Crippen molar-refractivity contribution in [1.82, 2.24) is 4.90 Å². The summed E-state index contributed by atoms with van der Waals surface area (Å²) < 4.78 is 55.9. The summed E-state index contributed by atoms with van der Waals surface area (Å²) in [4.78, 5) is 13.1. The Hall–Kier alpha value is -2.55. The number of carbonyl (C=O) groups excluding carboxylic acids is 1. The fourth-order valence-electron chi connectivity index (χ4n) is 2.74. The summed E-state index contributed by atoms with van der Waals surface area (Å²) in [7, 11) is 5.25. The average Bonchev–Trinajstić information content (AvgIpc) is 2.64. The molecule has 2 aromatic rings. The van der Waals surface area contributed by atoms with E-state index < -0.39 is 17.7 Å². The predicted octanol–water partition coefficient (Wildman–Crippen LogP) is 3.66. The average molecular weight is 401 g/mol. The molecule has 2 aromatic carbocycles. The van der Waals surface area contributed by atoms with Gasteiger partial charge in [0.05, 0.1) is 21.3 Å². The first-order valence-corrected chi connectivity index (χ1v) is 8.13. The second-order valence-electron chi connectivity index (χ2n) is 5.62. The zero-order valence-corrected chi connectivity index (χ0v) is 16.0. The molecule has 0 radical (unpaired) electrons. The van der Waals surface area contributed by atoms with E-state index in [4.69, 9.17) is 21.7 Å². The lowest BCUT2D eigenvalue weighted by molar-refractivity contribution is -0.140. The largest absolute Gasteiger partial charge is 0.496 e. The molecular formula is C18H18F3NO4S. The lowest BCUT2D eigenvalue weighted by Crippen LogP contribution is -2.32. The molecule has 0 aliphatic rings. The van der Waals surface area contributed by atoms with Gasteiger partial charge in [-0.25, -0.2) is 0 Å². The highest BCUT2D eigenvalue weighted by Gasteiger charge is 2.38. The monoisotopic (exact) mass is 401 g/mol. The topological polar surface area (TPSA) is 48.0 Å². The Bertz CT molecular complexity index is 883. The van der Waals surface area contributed by atoms with Crippen molar-refractivity contribution in [3.8, 4) is 11.5 Å². The van der Waals surface area contributed by atoms with Crippen LogP contribution in [-0.4, -0.2) is 50.8 Å². The summed E-state index contributed by atoms with van der Waals surface area (Å²) in [5, 5.41) is 0.0832. The van der Waals surface area contributed by atoms with E-state index in [0.29, 0.717) is 5.56 Å². The van der Waals surface area contributed by atoms with Gasteiger partial charge in [0.25, 0.3) is 0 Å². The molecular weight excluding hydrogens is 383 g/mol. The summed E-state index contributed by atoms with van der Waals surface area (Å²) in [5.41, 5.74) is -0.583. The number of thiocarbonyl (C=S) groups is 1. The van der Waals surface area contributed by atoms with Gasteiger partial charge >= 0.3 is 12.1 Å². The molecule has 0 aliphatic heterocycles. The Morgan fingerprint density at radius 2 is 1.67 bits per heavy atom. The Balaban J connectivity index is 2.75. The molecule has 0 bridgehead atoms. The fourth-order valence-corrected chi connectivity index (χ4v) is 2.98. The number of carbonyl (C=O) groups is 1. The van der Waals surface area contributed by atoms with Crippen LogP contribution in [0.2, 0.25) is 0 Å². The minimum atomic E-state index is -4.67. The Morgan fingerprint density at radius 3 is 2.19 bits per heavy atom. The molecule has 0 unspecified atom stereocenters. The van der Waals surface area contributed by atoms with Crippen LogP contribution in [0.15, 0.2) is 24.3 Å². The predicted molar refractivity (Wildman–Crippen MR) is 98.4 cm³/mol. The van der Waals surface area contributed by atoms with Gasteiger partial charge in [-0.1, -0.05) is 12.2 Å². The molecule has 5 nitrogen and oxygen atoms in total. The second kappa shape index (κ2) is 7.99. The molecule has 27 heavy (non-hydrogen) atoms. The maximum Gasteiger partial charge on any atom is 0.420 e. The lowest BCUT2D eigenvalue weighted by atomic mass is 9.97. The number of esters is 1. The number of rotatable bonds is 5. The number of hydrogen-bond donors (Lipinski definition) is 0. The fraction of sp³-hybridized carbons (Fsp3) is 0.333. The highest BCUT2D eigenvalue weighted by molar-refractivity contribution is 7.80. The van der Waals surface area contributed by atoms with E-state index in [9.17, 15) is 18.0 Å². The number of benzene rings is 2. The number of likely N-dealkylation sites (N-methyl/N-ethyl adjacent to an activating group) is 1. The van der Waals surface area contributed by atoms with Gasteiger partial charge in [-0.15, -0.1) is 0 Å². The number of hydrogen-bond acceptors (Lipinski definition) is 5. The molecule has 9 heteroatoms. The SMILES string of the molecule is COC(=O)CN(C)C(=S)c1ccc(OC)c2c(C(F)(F)F)c(OC)ccc12. The van der Waals surface area contributed by atoms with E-state index in [0.717, 1.165) is 0 Å². The van der Waals surface area contributed by atoms with E-state index in [2.05, 4.69) is 4.74 Å². The first kappa shape index (κ1) is 20.8. The van der Waals surface area contributed by atoms with Crippen molar-refractivity contribution in [3.05, 3.63) is 35.4 Å². The third kappa shape index (κ3) is 4.08. The molecule has 0 aliphatic carbocycles. The molecule has 0 aromatic heterocycles. The Kier molecular flexibility index (Phi) is 6.15. The summed E-state index contributed by atoms with van der Waals surface area (Å²) in [6.07, 6.45) is -4.67. The zero-order chi connectivity index (χ0) is 20.4. The first-order valence-electron chi connectivity index (χ1n) is 7.72. The van der Waals surface area contributed by atoms with Crippen LogP contribution in [0.3, 0.4) is 0 Å². The highest BCUT2D eigenvalue weighted by atomic mass is 32.1. The third-order valence-electron chi connectivity index (χ3n) is 4.00. The number of methoxy groups -OCH3 is 3. The second-order valence-corrected chi connectivity index (χ2v) is 6.00. The number of alkyl halides is 3. The number of fused-ring (bicyclic) bond motifs is 1. The van der Waals surface area contributed by atoms with Gasteiger partial charge in [-0.3, -0.25) is 4.79 Å². The maximum atomic E-state index is 13.8. The molecule has 0 atom stereocenters. The summed E-state index contributed by atoms with van der Waals surface area (Å²) in [6.45, 7) is -0.134. The molecule has 146 valence electrons. The van der Waals surface area contributed by atoms with Crippen LogP contribution in [-0.2, 0) is 15.7 Å². The van der Waals surface area contributed by atoms with Crippen molar-refractivity contribution < 1.29 is 32.2 Å². The van der Waals surface area contributed by atoms with E-state index in [1.165, 1.54) is 44.4 Å². The summed E-state index contributed by atoms with van der Waals surface area (Å²) in [5.74, 6) is -0.798. The normalized spacial score (nSPS) is 11.2. The summed E-state index contributed by atoms with van der Waals surface area (Å²) >= 11 is 5.38. The molecule has 0 saturated carbocycles. The van der Waals surface area contributed by atoms with E-state index in [1.54, 1.807) is 13.1 Å². The van der Waals surface area contributed by atoms with Gasteiger partial charge < -0.3 is 19.1 Å². The van der Waals surface area contributed by atoms with Crippen molar-refractivity contribution >= 4 is 33.9 Å². The van der Waals surface area contributed by atoms with Gasteiger partial charge in [0.15, 0.2) is 0 Å². The van der Waals surface area contributed by atoms with Gasteiger partial charge in [0, 0.05) is 18.0 Å². The molecule has 0 spiro atoms. The van der Waals surface area contributed by atoms with Crippen LogP contribution in [0.4, 0.5) is 13.2 Å². The maximum absolute atomic E-state index is 13.8. The van der Waals surface area contributed by atoms with E-state index >= 15 is 0 Å². The molecule has 0 saturated heterocycles. The van der Waals surface area contributed by atoms with Crippen molar-refractivity contribution in [2.24, 2.45) is 0 Å². The highest BCUT2D eigenvalue weighted by Crippen LogP contribution is 2.45. The quantitative estimate of drug-likeness (QED) is 0.563. The van der Waals surface area contributed by atoms with Crippen LogP contribution in [0.5, 0.6) is 11.5 Å². The van der Waals surface area contributed by atoms with Crippen LogP contribution >= 0.6 is 12.2 Å². The van der Waals surface area contributed by atoms with E-state index in [1.807, 2.05) is 0 Å². The van der Waals surface area contributed by atoms with Gasteiger partial charge in [0.2, 0.25) is 0 Å². The van der Waals surface area contributed by atoms with Gasteiger partial charge in [0.1, 0.15) is 28.6 Å². The van der Waals surface area contributed by atoms with Crippen LogP contribution in [0.1, 0.15) is 11.1 Å². The Morgan fingerprint density at radius 1 is 1.07 bits per heavy atom. The molecule has 2 rings (SSSR count). The number of ether oxygens (including phenoxy) is 3. The molecule has 0 amide bonds.